The molecule has 2 rings (SSSR count). The minimum atomic E-state index is 0.0195. The molecule has 1 atom stereocenters. The maximum Gasteiger partial charge on any atom is 0.130 e. The highest BCUT2D eigenvalue weighted by Crippen LogP contribution is 2.27. The van der Waals surface area contributed by atoms with Crippen LogP contribution in [0.4, 0.5) is 0 Å². The maximum atomic E-state index is 6.30. The van der Waals surface area contributed by atoms with Gasteiger partial charge in [0.25, 0.3) is 0 Å². The van der Waals surface area contributed by atoms with E-state index in [1.807, 2.05) is 25.7 Å². The Morgan fingerprint density at radius 3 is 2.52 bits per heavy atom. The molecule has 0 aliphatic heterocycles. The van der Waals surface area contributed by atoms with Gasteiger partial charge < -0.3 is 0 Å². The molecule has 0 saturated carbocycles. The van der Waals surface area contributed by atoms with Crippen LogP contribution < -0.4 is 11.3 Å². The third-order valence-electron chi connectivity index (χ3n) is 3.47. The SMILES string of the molecule is CCSc1ccc(C(Cc2c(C)nn(C)c2Cl)NN)cc1. The molecule has 0 radical (unpaired) electrons. The van der Waals surface area contributed by atoms with Gasteiger partial charge in [-0.3, -0.25) is 16.0 Å². The first kappa shape index (κ1) is 16.4. The number of halogens is 1. The molecule has 0 aliphatic rings. The second-order valence-electron chi connectivity index (χ2n) is 4.90. The number of aromatic nitrogens is 2. The van der Waals surface area contributed by atoms with Gasteiger partial charge >= 0.3 is 0 Å². The second kappa shape index (κ2) is 7.31. The van der Waals surface area contributed by atoms with E-state index in [0.29, 0.717) is 5.15 Å². The summed E-state index contributed by atoms with van der Waals surface area (Å²) in [4.78, 5) is 1.27. The highest BCUT2D eigenvalue weighted by Gasteiger charge is 2.17. The van der Waals surface area contributed by atoms with E-state index in [-0.39, 0.29) is 6.04 Å². The summed E-state index contributed by atoms with van der Waals surface area (Å²) in [6.45, 7) is 4.12. The van der Waals surface area contributed by atoms with Crippen molar-refractivity contribution in [3.8, 4) is 0 Å². The lowest BCUT2D eigenvalue weighted by molar-refractivity contribution is 0.550. The number of nitrogens with zero attached hydrogens (tertiary/aromatic N) is 2. The summed E-state index contributed by atoms with van der Waals surface area (Å²) >= 11 is 8.13. The summed E-state index contributed by atoms with van der Waals surface area (Å²) in [5.41, 5.74) is 6.01. The lowest BCUT2D eigenvalue weighted by Gasteiger charge is -2.17. The monoisotopic (exact) mass is 324 g/mol. The topological polar surface area (TPSA) is 55.9 Å². The van der Waals surface area contributed by atoms with Crippen molar-refractivity contribution in [2.24, 2.45) is 12.9 Å². The summed E-state index contributed by atoms with van der Waals surface area (Å²) < 4.78 is 1.70. The van der Waals surface area contributed by atoms with Gasteiger partial charge in [0.1, 0.15) is 5.15 Å². The molecule has 0 aliphatic carbocycles. The summed E-state index contributed by atoms with van der Waals surface area (Å²) in [5.74, 6) is 6.80. The second-order valence-corrected chi connectivity index (χ2v) is 6.60. The van der Waals surface area contributed by atoms with Gasteiger partial charge in [0, 0.05) is 17.5 Å². The highest BCUT2D eigenvalue weighted by atomic mass is 35.5. The minimum Gasteiger partial charge on any atom is -0.271 e. The zero-order valence-corrected chi connectivity index (χ0v) is 14.1. The minimum absolute atomic E-state index is 0.0195. The third-order valence-corrected chi connectivity index (χ3v) is 4.84. The number of nitrogens with one attached hydrogen (secondary N) is 1. The van der Waals surface area contributed by atoms with Gasteiger partial charge in [-0.1, -0.05) is 30.7 Å². The number of hydrogen-bond donors (Lipinski definition) is 2. The number of aryl methyl sites for hydroxylation is 2. The molecular formula is C15H21ClN4S. The van der Waals surface area contributed by atoms with Crippen LogP contribution in [0.3, 0.4) is 0 Å². The van der Waals surface area contributed by atoms with Crippen LogP contribution in [-0.2, 0) is 13.5 Å². The van der Waals surface area contributed by atoms with E-state index in [1.165, 1.54) is 4.90 Å². The van der Waals surface area contributed by atoms with E-state index >= 15 is 0 Å². The number of hydrazine groups is 1. The highest BCUT2D eigenvalue weighted by molar-refractivity contribution is 7.99. The molecule has 1 unspecified atom stereocenters. The third kappa shape index (κ3) is 3.80. The lowest BCUT2D eigenvalue weighted by atomic mass is 10.00. The molecule has 1 aromatic carbocycles. The molecule has 3 N–H and O–H groups in total. The molecule has 1 heterocycles. The first-order valence-electron chi connectivity index (χ1n) is 6.93. The summed E-state index contributed by atoms with van der Waals surface area (Å²) in [6.07, 6.45) is 0.718. The zero-order valence-electron chi connectivity index (χ0n) is 12.6. The molecule has 4 nitrogen and oxygen atoms in total. The number of rotatable bonds is 6. The molecule has 2 aromatic rings. The first-order valence-corrected chi connectivity index (χ1v) is 8.30. The van der Waals surface area contributed by atoms with Gasteiger partial charge in [0.2, 0.25) is 0 Å². The van der Waals surface area contributed by atoms with Gasteiger partial charge in [-0.25, -0.2) is 0 Å². The molecule has 0 bridgehead atoms. The lowest BCUT2D eigenvalue weighted by Crippen LogP contribution is -2.29. The molecule has 6 heteroatoms. The Morgan fingerprint density at radius 1 is 1.38 bits per heavy atom. The Morgan fingerprint density at radius 2 is 2.05 bits per heavy atom. The van der Waals surface area contributed by atoms with Crippen LogP contribution in [0, 0.1) is 6.92 Å². The Bertz CT molecular complexity index is 594. The molecule has 0 fully saturated rings. The summed E-state index contributed by atoms with van der Waals surface area (Å²) in [6, 6.07) is 8.51. The van der Waals surface area contributed by atoms with Crippen molar-refractivity contribution in [1.82, 2.24) is 15.2 Å². The Kier molecular flexibility index (Phi) is 5.70. The van der Waals surface area contributed by atoms with Crippen LogP contribution in [0.1, 0.15) is 29.8 Å². The predicted molar refractivity (Wildman–Crippen MR) is 89.6 cm³/mol. The normalized spacial score (nSPS) is 12.6. The fourth-order valence-corrected chi connectivity index (χ4v) is 3.26. The molecule has 0 amide bonds. The van der Waals surface area contributed by atoms with Crippen LogP contribution in [0.2, 0.25) is 5.15 Å². The number of hydrogen-bond acceptors (Lipinski definition) is 4. The fourth-order valence-electron chi connectivity index (χ4n) is 2.35. The smallest absolute Gasteiger partial charge is 0.130 e. The Hall–Kier alpha value is -1.01. The summed E-state index contributed by atoms with van der Waals surface area (Å²) in [5, 5.41) is 5.02. The van der Waals surface area contributed by atoms with Gasteiger partial charge in [-0.05, 0) is 36.8 Å². The first-order chi connectivity index (χ1) is 10.1. The van der Waals surface area contributed by atoms with Crippen molar-refractivity contribution in [3.05, 3.63) is 46.2 Å². The van der Waals surface area contributed by atoms with E-state index in [1.54, 1.807) is 4.68 Å². The molecular weight excluding hydrogens is 304 g/mol. The molecule has 0 saturated heterocycles. The number of thioether (sulfide) groups is 1. The van der Waals surface area contributed by atoms with E-state index in [2.05, 4.69) is 41.7 Å². The molecule has 1 aromatic heterocycles. The van der Waals surface area contributed by atoms with Gasteiger partial charge in [0.15, 0.2) is 0 Å². The molecule has 114 valence electrons. The van der Waals surface area contributed by atoms with Gasteiger partial charge in [-0.15, -0.1) is 11.8 Å². The van der Waals surface area contributed by atoms with E-state index in [9.17, 15) is 0 Å². The van der Waals surface area contributed by atoms with Crippen LogP contribution >= 0.6 is 23.4 Å². The van der Waals surface area contributed by atoms with Crippen LogP contribution in [-0.4, -0.2) is 15.5 Å². The van der Waals surface area contributed by atoms with Crippen molar-refractivity contribution in [2.75, 3.05) is 5.75 Å². The van der Waals surface area contributed by atoms with E-state index < -0.39 is 0 Å². The van der Waals surface area contributed by atoms with Crippen molar-refractivity contribution in [1.29, 1.82) is 0 Å². The quantitative estimate of drug-likeness (QED) is 0.486. The summed E-state index contributed by atoms with van der Waals surface area (Å²) in [7, 11) is 1.85. The number of nitrogens with two attached hydrogens (primary N) is 1. The van der Waals surface area contributed by atoms with Crippen molar-refractivity contribution in [2.45, 2.75) is 31.2 Å². The maximum absolute atomic E-state index is 6.30. The van der Waals surface area contributed by atoms with Gasteiger partial charge in [0.05, 0.1) is 11.7 Å². The largest absolute Gasteiger partial charge is 0.271 e. The standard InChI is InChI=1S/C15H21ClN4S/c1-4-21-12-7-5-11(6-8-12)14(18-17)9-13-10(2)19-20(3)15(13)16/h5-8,14,18H,4,9,17H2,1-3H3. The fraction of sp³-hybridized carbons (Fsp3) is 0.400. The van der Waals surface area contributed by atoms with E-state index in [4.69, 9.17) is 17.4 Å². The van der Waals surface area contributed by atoms with Crippen molar-refractivity contribution in [3.63, 3.8) is 0 Å². The number of benzene rings is 1. The van der Waals surface area contributed by atoms with Crippen LogP contribution in [0.5, 0.6) is 0 Å². The average molecular weight is 325 g/mol. The van der Waals surface area contributed by atoms with Crippen molar-refractivity contribution < 1.29 is 0 Å². The van der Waals surface area contributed by atoms with Crippen LogP contribution in [0.25, 0.3) is 0 Å². The molecule has 0 spiro atoms. The van der Waals surface area contributed by atoms with Crippen molar-refractivity contribution >= 4 is 23.4 Å². The average Bonchev–Trinajstić information content (AvgIpc) is 2.72. The molecule has 21 heavy (non-hydrogen) atoms. The zero-order chi connectivity index (χ0) is 15.4. The predicted octanol–water partition coefficient (Wildman–Crippen LogP) is 3.24. The Labute approximate surface area is 135 Å². The Balaban J connectivity index is 2.19. The van der Waals surface area contributed by atoms with Gasteiger partial charge in [-0.2, -0.15) is 5.10 Å². The van der Waals surface area contributed by atoms with E-state index in [0.717, 1.165) is 29.0 Å². The van der Waals surface area contributed by atoms with Crippen LogP contribution in [0.15, 0.2) is 29.2 Å².